The number of rotatable bonds is 3. The molecule has 0 spiro atoms. The summed E-state index contributed by atoms with van der Waals surface area (Å²) in [5, 5.41) is 0. The zero-order chi connectivity index (χ0) is 23.9. The average molecular weight is 481 g/mol. The fourth-order valence-electron chi connectivity index (χ4n) is 3.18. The van der Waals surface area contributed by atoms with Crippen molar-refractivity contribution >= 4 is 15.9 Å². The maximum absolute atomic E-state index is 13.1. The van der Waals surface area contributed by atoms with Gasteiger partial charge in [0.2, 0.25) is 10.0 Å². The monoisotopic (exact) mass is 481 g/mol. The van der Waals surface area contributed by atoms with Gasteiger partial charge in [-0.3, -0.25) is 4.79 Å². The Morgan fingerprint density at radius 2 is 1.44 bits per heavy atom. The van der Waals surface area contributed by atoms with Gasteiger partial charge in [-0.1, -0.05) is 6.07 Å². The maximum Gasteiger partial charge on any atom is 0.416 e. The molecule has 6 nitrogen and oxygen atoms in total. The molecule has 2 aromatic rings. The Morgan fingerprint density at radius 3 is 1.91 bits per heavy atom. The van der Waals surface area contributed by atoms with Crippen LogP contribution in [0.1, 0.15) is 27.3 Å². The van der Waals surface area contributed by atoms with E-state index < -0.39 is 44.3 Å². The highest BCUT2D eigenvalue weighted by atomic mass is 32.2. The van der Waals surface area contributed by atoms with Gasteiger partial charge in [-0.05, 0) is 37.3 Å². The number of nitrogens with zero attached hydrogens (tertiary/aromatic N) is 3. The van der Waals surface area contributed by atoms with Crippen LogP contribution in [0, 0.1) is 6.92 Å². The first-order valence-electron chi connectivity index (χ1n) is 9.22. The van der Waals surface area contributed by atoms with Crippen molar-refractivity contribution in [2.45, 2.75) is 24.2 Å². The first-order chi connectivity index (χ1) is 14.7. The zero-order valence-electron chi connectivity index (χ0n) is 16.5. The molecule has 32 heavy (non-hydrogen) atoms. The van der Waals surface area contributed by atoms with E-state index in [1.165, 1.54) is 11.0 Å². The molecule has 2 heterocycles. The van der Waals surface area contributed by atoms with Crippen molar-refractivity contribution in [2.24, 2.45) is 0 Å². The third kappa shape index (κ3) is 5.04. The molecule has 1 amide bonds. The highest BCUT2D eigenvalue weighted by molar-refractivity contribution is 7.89. The van der Waals surface area contributed by atoms with Crippen molar-refractivity contribution in [1.82, 2.24) is 14.2 Å². The average Bonchev–Trinajstić information content (AvgIpc) is 2.71. The van der Waals surface area contributed by atoms with Crippen LogP contribution in [0.4, 0.5) is 26.3 Å². The molecule has 0 unspecified atom stereocenters. The summed E-state index contributed by atoms with van der Waals surface area (Å²) in [4.78, 5) is 16.8. The predicted molar refractivity (Wildman–Crippen MR) is 100 cm³/mol. The van der Waals surface area contributed by atoms with Crippen LogP contribution in [0.15, 0.2) is 41.3 Å². The Balaban J connectivity index is 1.84. The molecule has 174 valence electrons. The molecule has 1 saturated heterocycles. The number of pyridine rings is 1. The van der Waals surface area contributed by atoms with Gasteiger partial charge in [-0.25, -0.2) is 13.4 Å². The summed E-state index contributed by atoms with van der Waals surface area (Å²) in [6, 6.07) is 5.02. The number of carbonyl (C=O) groups is 1. The normalized spacial score (nSPS) is 16.3. The van der Waals surface area contributed by atoms with E-state index >= 15 is 0 Å². The molecule has 0 radical (unpaired) electrons. The van der Waals surface area contributed by atoms with Gasteiger partial charge in [0.05, 0.1) is 16.0 Å². The van der Waals surface area contributed by atoms with Crippen molar-refractivity contribution < 1.29 is 39.6 Å². The Bertz CT molecular complexity index is 1090. The maximum atomic E-state index is 13.1. The van der Waals surface area contributed by atoms with E-state index in [0.717, 1.165) is 4.31 Å². The van der Waals surface area contributed by atoms with Crippen LogP contribution < -0.4 is 0 Å². The van der Waals surface area contributed by atoms with Crippen LogP contribution in [0.3, 0.4) is 0 Å². The van der Waals surface area contributed by atoms with Crippen LogP contribution in [-0.4, -0.2) is 54.7 Å². The van der Waals surface area contributed by atoms with E-state index in [1.807, 2.05) is 0 Å². The smallest absolute Gasteiger partial charge is 0.335 e. The summed E-state index contributed by atoms with van der Waals surface area (Å²) < 4.78 is 105. The van der Waals surface area contributed by atoms with Crippen molar-refractivity contribution in [3.05, 3.63) is 58.9 Å². The third-order valence-electron chi connectivity index (χ3n) is 4.83. The second kappa shape index (κ2) is 8.35. The third-order valence-corrected chi connectivity index (χ3v) is 6.71. The zero-order valence-corrected chi connectivity index (χ0v) is 17.4. The first kappa shape index (κ1) is 24.0. The minimum absolute atomic E-state index is 0.0984. The summed E-state index contributed by atoms with van der Waals surface area (Å²) in [6.45, 7) is 0.901. The number of piperazine rings is 1. The minimum Gasteiger partial charge on any atom is -0.335 e. The van der Waals surface area contributed by atoms with Gasteiger partial charge in [-0.15, -0.1) is 0 Å². The molecule has 1 aliphatic rings. The molecule has 0 saturated carbocycles. The van der Waals surface area contributed by atoms with Crippen LogP contribution in [0.5, 0.6) is 0 Å². The quantitative estimate of drug-likeness (QED) is 0.629. The van der Waals surface area contributed by atoms with Gasteiger partial charge in [0.15, 0.2) is 0 Å². The molecule has 0 bridgehead atoms. The number of amides is 1. The molecule has 13 heteroatoms. The molecule has 1 aliphatic heterocycles. The molecular formula is C19H17F6N3O3S. The van der Waals surface area contributed by atoms with Crippen LogP contribution >= 0.6 is 0 Å². The van der Waals surface area contributed by atoms with Gasteiger partial charge in [0, 0.05) is 31.9 Å². The number of carbonyl (C=O) groups excluding carboxylic acids is 1. The number of halogens is 6. The highest BCUT2D eigenvalue weighted by Gasteiger charge is 2.39. The van der Waals surface area contributed by atoms with E-state index in [0.29, 0.717) is 5.69 Å². The second-order valence-corrected chi connectivity index (χ2v) is 9.04. The summed E-state index contributed by atoms with van der Waals surface area (Å²) in [7, 11) is -4.67. The van der Waals surface area contributed by atoms with E-state index in [4.69, 9.17) is 0 Å². The lowest BCUT2D eigenvalue weighted by atomic mass is 10.1. The molecule has 0 atom stereocenters. The van der Waals surface area contributed by atoms with Gasteiger partial charge in [0.25, 0.3) is 5.91 Å². The number of hydrogen-bond donors (Lipinski definition) is 0. The number of benzene rings is 1. The van der Waals surface area contributed by atoms with Crippen molar-refractivity contribution in [3.63, 3.8) is 0 Å². The van der Waals surface area contributed by atoms with Gasteiger partial charge < -0.3 is 4.90 Å². The highest BCUT2D eigenvalue weighted by Crippen LogP contribution is 2.37. The second-order valence-electron chi connectivity index (χ2n) is 7.10. The molecule has 1 aromatic heterocycles. The Kier molecular flexibility index (Phi) is 6.26. The Labute approximate surface area is 179 Å². The topological polar surface area (TPSA) is 70.6 Å². The Morgan fingerprint density at radius 1 is 0.906 bits per heavy atom. The lowest BCUT2D eigenvalue weighted by Gasteiger charge is -2.34. The standard InChI is InChI=1S/C19H17F6N3O3S/c1-12-3-2-4-16(26-12)17(29)27-5-7-28(8-6-27)32(30,31)15-10-13(18(20,21)22)9-14(11-15)19(23,24)25/h2-4,9-11H,5-8H2,1H3. The van der Waals surface area contributed by atoms with E-state index in [-0.39, 0.29) is 50.1 Å². The van der Waals surface area contributed by atoms with E-state index in [1.54, 1.807) is 19.1 Å². The minimum atomic E-state index is -5.17. The largest absolute Gasteiger partial charge is 0.416 e. The lowest BCUT2D eigenvalue weighted by Crippen LogP contribution is -2.50. The molecule has 1 fully saturated rings. The van der Waals surface area contributed by atoms with Crippen LogP contribution in [0.25, 0.3) is 0 Å². The van der Waals surface area contributed by atoms with Crippen molar-refractivity contribution in [2.75, 3.05) is 26.2 Å². The predicted octanol–water partition coefficient (Wildman–Crippen LogP) is 3.57. The SMILES string of the molecule is Cc1cccc(C(=O)N2CCN(S(=O)(=O)c3cc(C(F)(F)F)cc(C(F)(F)F)c3)CC2)n1. The molecule has 1 aromatic carbocycles. The number of alkyl halides is 6. The van der Waals surface area contributed by atoms with Crippen molar-refractivity contribution in [1.29, 1.82) is 0 Å². The van der Waals surface area contributed by atoms with Crippen LogP contribution in [0.2, 0.25) is 0 Å². The lowest BCUT2D eigenvalue weighted by molar-refractivity contribution is -0.143. The number of hydrogen-bond acceptors (Lipinski definition) is 4. The first-order valence-corrected chi connectivity index (χ1v) is 10.7. The number of aryl methyl sites for hydroxylation is 1. The summed E-state index contributed by atoms with van der Waals surface area (Å²) in [5.74, 6) is -0.454. The molecule has 0 aliphatic carbocycles. The van der Waals surface area contributed by atoms with Gasteiger partial charge in [-0.2, -0.15) is 30.6 Å². The molecule has 3 rings (SSSR count). The molecule has 0 N–H and O–H groups in total. The number of aromatic nitrogens is 1. The van der Waals surface area contributed by atoms with Gasteiger partial charge in [0.1, 0.15) is 5.69 Å². The fraction of sp³-hybridized carbons (Fsp3) is 0.368. The van der Waals surface area contributed by atoms with Crippen LogP contribution in [-0.2, 0) is 22.4 Å². The van der Waals surface area contributed by atoms with E-state index in [2.05, 4.69) is 4.98 Å². The summed E-state index contributed by atoms with van der Waals surface area (Å²) >= 11 is 0. The summed E-state index contributed by atoms with van der Waals surface area (Å²) in [6.07, 6.45) is -10.3. The Hall–Kier alpha value is -2.67. The fourth-order valence-corrected chi connectivity index (χ4v) is 4.67. The van der Waals surface area contributed by atoms with E-state index in [9.17, 15) is 39.6 Å². The van der Waals surface area contributed by atoms with Gasteiger partial charge >= 0.3 is 12.4 Å². The van der Waals surface area contributed by atoms with Crippen molar-refractivity contribution in [3.8, 4) is 0 Å². The summed E-state index contributed by atoms with van der Waals surface area (Å²) in [5.41, 5.74) is -2.69. The molecular weight excluding hydrogens is 464 g/mol. The number of sulfonamides is 1.